The van der Waals surface area contributed by atoms with Crippen molar-refractivity contribution in [3.63, 3.8) is 0 Å². The highest BCUT2D eigenvalue weighted by Crippen LogP contribution is 2.31. The summed E-state index contributed by atoms with van der Waals surface area (Å²) in [6.07, 6.45) is -0.304. The van der Waals surface area contributed by atoms with Crippen molar-refractivity contribution in [1.82, 2.24) is 5.32 Å². The molecule has 0 aliphatic heterocycles. The van der Waals surface area contributed by atoms with Gasteiger partial charge in [0.05, 0.1) is 6.42 Å². The first-order valence-corrected chi connectivity index (χ1v) is 7.79. The molecule has 118 valence electrons. The first kappa shape index (κ1) is 16.3. The summed E-state index contributed by atoms with van der Waals surface area (Å²) in [5, 5.41) is 3.16. The van der Waals surface area contributed by atoms with Gasteiger partial charge in [-0.3, -0.25) is 0 Å². The topological polar surface area (TPSA) is 12.0 Å². The monoisotopic (exact) mass is 299 g/mol. The van der Waals surface area contributed by atoms with E-state index in [4.69, 9.17) is 0 Å². The summed E-state index contributed by atoms with van der Waals surface area (Å²) >= 11 is 0. The van der Waals surface area contributed by atoms with Crippen LogP contribution in [0.1, 0.15) is 50.6 Å². The van der Waals surface area contributed by atoms with E-state index in [1.165, 1.54) is 12.8 Å². The maximum atomic E-state index is 12.8. The van der Waals surface area contributed by atoms with Gasteiger partial charge in [-0.15, -0.1) is 0 Å². The molecule has 1 unspecified atom stereocenters. The summed E-state index contributed by atoms with van der Waals surface area (Å²) in [4.78, 5) is 0. The Hall–Kier alpha value is -1.03. The third-order valence-electron chi connectivity index (χ3n) is 4.43. The van der Waals surface area contributed by atoms with Crippen molar-refractivity contribution in [1.29, 1.82) is 0 Å². The highest BCUT2D eigenvalue weighted by Gasteiger charge is 2.32. The standard InChI is InChI=1S/C17H24F3N/c1-13-7-9-14(10-8-13)12-21-16(11-17(18,19)20)15-5-3-2-4-6-15/h2-6,13-14,16,21H,7-12H2,1H3. The highest BCUT2D eigenvalue weighted by atomic mass is 19.4. The number of rotatable bonds is 5. The van der Waals surface area contributed by atoms with E-state index in [1.54, 1.807) is 24.3 Å². The second-order valence-electron chi connectivity index (χ2n) is 6.32. The van der Waals surface area contributed by atoms with Crippen LogP contribution in [0, 0.1) is 11.8 Å². The molecule has 1 saturated carbocycles. The van der Waals surface area contributed by atoms with Gasteiger partial charge in [0.1, 0.15) is 0 Å². The molecule has 1 aromatic carbocycles. The Bertz CT molecular complexity index is 408. The Balaban J connectivity index is 1.93. The van der Waals surface area contributed by atoms with Crippen LogP contribution in [0.25, 0.3) is 0 Å². The van der Waals surface area contributed by atoms with Gasteiger partial charge in [0.25, 0.3) is 0 Å². The lowest BCUT2D eigenvalue weighted by atomic mass is 9.83. The molecular formula is C17H24F3N. The van der Waals surface area contributed by atoms with Gasteiger partial charge in [0.2, 0.25) is 0 Å². The van der Waals surface area contributed by atoms with Crippen molar-refractivity contribution in [2.45, 2.75) is 51.2 Å². The Morgan fingerprint density at radius 1 is 1.10 bits per heavy atom. The molecule has 1 atom stereocenters. The van der Waals surface area contributed by atoms with Crippen LogP contribution in [0.5, 0.6) is 0 Å². The second-order valence-corrected chi connectivity index (χ2v) is 6.32. The number of benzene rings is 1. The van der Waals surface area contributed by atoms with E-state index >= 15 is 0 Å². The molecule has 0 aromatic heterocycles. The zero-order chi connectivity index (χ0) is 15.3. The van der Waals surface area contributed by atoms with E-state index in [9.17, 15) is 13.2 Å². The summed E-state index contributed by atoms with van der Waals surface area (Å²) in [5.74, 6) is 1.28. The lowest BCUT2D eigenvalue weighted by Gasteiger charge is -2.29. The van der Waals surface area contributed by atoms with Gasteiger partial charge in [-0.25, -0.2) is 0 Å². The molecule has 21 heavy (non-hydrogen) atoms. The van der Waals surface area contributed by atoms with Crippen molar-refractivity contribution in [3.05, 3.63) is 35.9 Å². The quantitative estimate of drug-likeness (QED) is 0.798. The third kappa shape index (κ3) is 5.70. The molecule has 0 bridgehead atoms. The SMILES string of the molecule is CC1CCC(CNC(CC(F)(F)F)c2ccccc2)CC1. The fraction of sp³-hybridized carbons (Fsp3) is 0.647. The molecule has 1 aromatic rings. The van der Waals surface area contributed by atoms with Gasteiger partial charge >= 0.3 is 6.18 Å². The summed E-state index contributed by atoms with van der Waals surface area (Å²) in [6.45, 7) is 2.93. The van der Waals surface area contributed by atoms with Gasteiger partial charge in [0.15, 0.2) is 0 Å². The lowest BCUT2D eigenvalue weighted by molar-refractivity contribution is -0.140. The molecule has 2 rings (SSSR count). The lowest BCUT2D eigenvalue weighted by Crippen LogP contribution is -2.32. The molecule has 1 fully saturated rings. The molecular weight excluding hydrogens is 275 g/mol. The van der Waals surface area contributed by atoms with E-state index in [2.05, 4.69) is 12.2 Å². The Labute approximate surface area is 124 Å². The Morgan fingerprint density at radius 2 is 1.71 bits per heavy atom. The largest absolute Gasteiger partial charge is 0.390 e. The smallest absolute Gasteiger partial charge is 0.309 e. The van der Waals surface area contributed by atoms with Crippen molar-refractivity contribution < 1.29 is 13.2 Å². The van der Waals surface area contributed by atoms with E-state index in [-0.39, 0.29) is 0 Å². The Kier molecular flexibility index (Phi) is 5.68. The minimum Gasteiger partial charge on any atom is -0.309 e. The second kappa shape index (κ2) is 7.30. The van der Waals surface area contributed by atoms with Crippen LogP contribution in [0.15, 0.2) is 30.3 Å². The predicted molar refractivity (Wildman–Crippen MR) is 79.0 cm³/mol. The highest BCUT2D eigenvalue weighted by molar-refractivity contribution is 5.19. The molecule has 0 heterocycles. The van der Waals surface area contributed by atoms with E-state index < -0.39 is 18.6 Å². The van der Waals surface area contributed by atoms with Crippen LogP contribution in [0.2, 0.25) is 0 Å². The number of hydrogen-bond donors (Lipinski definition) is 1. The van der Waals surface area contributed by atoms with Crippen LogP contribution >= 0.6 is 0 Å². The molecule has 1 aliphatic carbocycles. The van der Waals surface area contributed by atoms with Crippen LogP contribution in [-0.4, -0.2) is 12.7 Å². The molecule has 0 radical (unpaired) electrons. The van der Waals surface area contributed by atoms with Crippen molar-refractivity contribution in [3.8, 4) is 0 Å². The van der Waals surface area contributed by atoms with Crippen molar-refractivity contribution in [2.75, 3.05) is 6.54 Å². The van der Waals surface area contributed by atoms with Gasteiger partial charge in [-0.05, 0) is 36.8 Å². The van der Waals surface area contributed by atoms with Crippen LogP contribution < -0.4 is 5.32 Å². The fourth-order valence-electron chi connectivity index (χ4n) is 3.07. The van der Waals surface area contributed by atoms with Gasteiger partial charge in [-0.1, -0.05) is 50.1 Å². The average Bonchev–Trinajstić information content (AvgIpc) is 2.45. The summed E-state index contributed by atoms with van der Waals surface area (Å²) in [5.41, 5.74) is 0.721. The van der Waals surface area contributed by atoms with Gasteiger partial charge in [0, 0.05) is 6.04 Å². The zero-order valence-corrected chi connectivity index (χ0v) is 12.5. The van der Waals surface area contributed by atoms with Crippen LogP contribution in [0.3, 0.4) is 0 Å². The fourth-order valence-corrected chi connectivity index (χ4v) is 3.07. The van der Waals surface area contributed by atoms with Crippen LogP contribution in [0.4, 0.5) is 13.2 Å². The minimum absolute atomic E-state index is 0.514. The Morgan fingerprint density at radius 3 is 2.29 bits per heavy atom. The van der Waals surface area contributed by atoms with Crippen LogP contribution in [-0.2, 0) is 0 Å². The first-order chi connectivity index (χ1) is 9.94. The number of nitrogens with one attached hydrogen (secondary N) is 1. The normalized spacial score (nSPS) is 24.8. The molecule has 1 nitrogen and oxygen atoms in total. The molecule has 1 N–H and O–H groups in total. The number of halogens is 3. The summed E-state index contributed by atoms with van der Waals surface area (Å²) < 4.78 is 38.3. The first-order valence-electron chi connectivity index (χ1n) is 7.79. The average molecular weight is 299 g/mol. The molecule has 0 saturated heterocycles. The van der Waals surface area contributed by atoms with E-state index in [0.29, 0.717) is 12.5 Å². The maximum absolute atomic E-state index is 12.8. The predicted octanol–water partition coefficient (Wildman–Crippen LogP) is 5.10. The van der Waals surface area contributed by atoms with E-state index in [1.807, 2.05) is 6.07 Å². The maximum Gasteiger partial charge on any atom is 0.390 e. The van der Waals surface area contributed by atoms with Gasteiger partial charge < -0.3 is 5.32 Å². The number of hydrogen-bond acceptors (Lipinski definition) is 1. The molecule has 0 amide bonds. The molecule has 1 aliphatic rings. The summed E-state index contributed by atoms with van der Waals surface area (Å²) in [7, 11) is 0. The van der Waals surface area contributed by atoms with Crippen molar-refractivity contribution >= 4 is 0 Å². The van der Waals surface area contributed by atoms with Crippen molar-refractivity contribution in [2.24, 2.45) is 11.8 Å². The van der Waals surface area contributed by atoms with Gasteiger partial charge in [-0.2, -0.15) is 13.2 Å². The molecule has 0 spiro atoms. The summed E-state index contributed by atoms with van der Waals surface area (Å²) in [6, 6.07) is 8.33. The minimum atomic E-state index is -4.14. The van der Waals surface area contributed by atoms with E-state index in [0.717, 1.165) is 24.3 Å². The third-order valence-corrected chi connectivity index (χ3v) is 4.43. The number of alkyl halides is 3. The molecule has 4 heteroatoms. The zero-order valence-electron chi connectivity index (χ0n) is 12.5.